The second kappa shape index (κ2) is 9.72. The molecule has 1 aromatic rings. The van der Waals surface area contributed by atoms with Gasteiger partial charge in [0, 0.05) is 0 Å². The van der Waals surface area contributed by atoms with Gasteiger partial charge in [-0.2, -0.15) is 0 Å². The topological polar surface area (TPSA) is 55.8 Å². The highest BCUT2D eigenvalue weighted by atomic mass is 16.5. The molecule has 0 fully saturated rings. The standard InChI is InChI=1S/C19H26O4/c1-5-22-19(21)17-13-16(9-10-18(17)20)23-12-11-15(4)8-6-7-14(2)3/h7,9-11,13,20H,5-6,8,12H2,1-4H3. The molecule has 0 atom stereocenters. The minimum absolute atomic E-state index is 0.107. The van der Waals surface area contributed by atoms with Crippen LogP contribution in [0.1, 0.15) is 50.9 Å². The van der Waals surface area contributed by atoms with E-state index in [1.54, 1.807) is 13.0 Å². The van der Waals surface area contributed by atoms with Gasteiger partial charge in [-0.1, -0.05) is 17.2 Å². The van der Waals surface area contributed by atoms with Crippen LogP contribution in [0, 0.1) is 0 Å². The fourth-order valence-corrected chi connectivity index (χ4v) is 1.95. The van der Waals surface area contributed by atoms with Gasteiger partial charge in [0.15, 0.2) is 0 Å². The molecule has 0 bridgehead atoms. The fourth-order valence-electron chi connectivity index (χ4n) is 1.95. The number of aromatic hydroxyl groups is 1. The Hall–Kier alpha value is -2.23. The Morgan fingerprint density at radius 1 is 1.22 bits per heavy atom. The van der Waals surface area contributed by atoms with E-state index in [4.69, 9.17) is 9.47 Å². The van der Waals surface area contributed by atoms with Crippen molar-refractivity contribution in [3.05, 3.63) is 47.1 Å². The lowest BCUT2D eigenvalue weighted by atomic mass is 10.1. The second-order valence-electron chi connectivity index (χ2n) is 5.58. The third kappa shape index (κ3) is 7.04. The van der Waals surface area contributed by atoms with E-state index in [0.29, 0.717) is 12.4 Å². The van der Waals surface area contributed by atoms with Gasteiger partial charge in [0.2, 0.25) is 0 Å². The van der Waals surface area contributed by atoms with Crippen LogP contribution in [0.3, 0.4) is 0 Å². The summed E-state index contributed by atoms with van der Waals surface area (Å²) in [6, 6.07) is 4.57. The number of benzene rings is 1. The summed E-state index contributed by atoms with van der Waals surface area (Å²) in [5, 5.41) is 9.71. The van der Waals surface area contributed by atoms with Crippen LogP contribution in [-0.4, -0.2) is 24.3 Å². The van der Waals surface area contributed by atoms with Gasteiger partial charge >= 0.3 is 5.97 Å². The first-order valence-corrected chi connectivity index (χ1v) is 7.86. The van der Waals surface area contributed by atoms with Gasteiger partial charge in [0.25, 0.3) is 0 Å². The quantitative estimate of drug-likeness (QED) is 0.560. The number of hydrogen-bond donors (Lipinski definition) is 1. The SMILES string of the molecule is CCOC(=O)c1cc(OCC=C(C)CCC=C(C)C)ccc1O. The molecule has 0 radical (unpaired) electrons. The Bertz CT molecular complexity index is 581. The Morgan fingerprint density at radius 2 is 1.96 bits per heavy atom. The van der Waals surface area contributed by atoms with Gasteiger partial charge in [0.1, 0.15) is 23.7 Å². The van der Waals surface area contributed by atoms with Crippen molar-refractivity contribution in [2.24, 2.45) is 0 Å². The Morgan fingerprint density at radius 3 is 2.61 bits per heavy atom. The van der Waals surface area contributed by atoms with Gasteiger partial charge in [-0.15, -0.1) is 0 Å². The number of carbonyl (C=O) groups excluding carboxylic acids is 1. The van der Waals surface area contributed by atoms with Crippen LogP contribution < -0.4 is 4.74 Å². The number of allylic oxidation sites excluding steroid dienone is 3. The van der Waals surface area contributed by atoms with E-state index in [2.05, 4.69) is 26.8 Å². The molecule has 0 unspecified atom stereocenters. The third-order valence-corrected chi connectivity index (χ3v) is 3.24. The minimum Gasteiger partial charge on any atom is -0.507 e. The van der Waals surface area contributed by atoms with E-state index in [-0.39, 0.29) is 17.9 Å². The maximum Gasteiger partial charge on any atom is 0.342 e. The first-order chi connectivity index (χ1) is 10.9. The molecule has 126 valence electrons. The van der Waals surface area contributed by atoms with Gasteiger partial charge in [-0.25, -0.2) is 4.79 Å². The van der Waals surface area contributed by atoms with Crippen LogP contribution in [0.15, 0.2) is 41.5 Å². The highest BCUT2D eigenvalue weighted by Crippen LogP contribution is 2.24. The van der Waals surface area contributed by atoms with Crippen molar-refractivity contribution >= 4 is 5.97 Å². The van der Waals surface area contributed by atoms with Crippen LogP contribution in [0.2, 0.25) is 0 Å². The lowest BCUT2D eigenvalue weighted by molar-refractivity contribution is 0.0522. The number of phenolic OH excluding ortho intramolecular Hbond substituents is 1. The van der Waals surface area contributed by atoms with E-state index in [1.165, 1.54) is 23.3 Å². The van der Waals surface area contributed by atoms with E-state index in [1.807, 2.05) is 6.08 Å². The molecule has 0 aromatic heterocycles. The molecule has 1 aromatic carbocycles. The molecule has 4 heteroatoms. The van der Waals surface area contributed by atoms with Crippen LogP contribution in [0.25, 0.3) is 0 Å². The molecule has 0 saturated carbocycles. The molecule has 1 N–H and O–H groups in total. The molecule has 23 heavy (non-hydrogen) atoms. The van der Waals surface area contributed by atoms with E-state index in [0.717, 1.165) is 12.8 Å². The van der Waals surface area contributed by atoms with Gasteiger partial charge in [-0.3, -0.25) is 0 Å². The zero-order valence-corrected chi connectivity index (χ0v) is 14.4. The normalized spacial score (nSPS) is 11.0. The van der Waals surface area contributed by atoms with Crippen molar-refractivity contribution in [3.63, 3.8) is 0 Å². The number of esters is 1. The van der Waals surface area contributed by atoms with Crippen molar-refractivity contribution in [1.29, 1.82) is 0 Å². The highest BCUT2D eigenvalue weighted by molar-refractivity contribution is 5.92. The summed E-state index contributed by atoms with van der Waals surface area (Å²) in [4.78, 5) is 11.7. The summed E-state index contributed by atoms with van der Waals surface area (Å²) < 4.78 is 10.5. The highest BCUT2D eigenvalue weighted by Gasteiger charge is 2.13. The monoisotopic (exact) mass is 318 g/mol. The van der Waals surface area contributed by atoms with Crippen molar-refractivity contribution in [2.45, 2.75) is 40.5 Å². The van der Waals surface area contributed by atoms with Crippen molar-refractivity contribution in [3.8, 4) is 11.5 Å². The van der Waals surface area contributed by atoms with E-state index < -0.39 is 5.97 Å². The van der Waals surface area contributed by atoms with Crippen LogP contribution >= 0.6 is 0 Å². The largest absolute Gasteiger partial charge is 0.507 e. The number of ether oxygens (including phenoxy) is 2. The predicted octanol–water partition coefficient (Wildman–Crippen LogP) is 4.64. The van der Waals surface area contributed by atoms with Gasteiger partial charge in [0.05, 0.1) is 6.61 Å². The Labute approximate surface area is 138 Å². The zero-order chi connectivity index (χ0) is 17.2. The number of rotatable bonds is 8. The Balaban J connectivity index is 2.59. The third-order valence-electron chi connectivity index (χ3n) is 3.24. The fraction of sp³-hybridized carbons (Fsp3) is 0.421. The van der Waals surface area contributed by atoms with Gasteiger partial charge in [-0.05, 0) is 64.8 Å². The minimum atomic E-state index is -0.552. The maximum atomic E-state index is 11.7. The van der Waals surface area contributed by atoms with Crippen molar-refractivity contribution in [2.75, 3.05) is 13.2 Å². The maximum absolute atomic E-state index is 11.7. The summed E-state index contributed by atoms with van der Waals surface area (Å²) in [5.74, 6) is -0.132. The average Bonchev–Trinajstić information content (AvgIpc) is 2.48. The Kier molecular flexibility index (Phi) is 7.95. The number of phenols is 1. The molecular weight excluding hydrogens is 292 g/mol. The molecule has 0 spiro atoms. The molecule has 0 amide bonds. The summed E-state index contributed by atoms with van der Waals surface area (Å²) in [6.07, 6.45) is 6.26. The van der Waals surface area contributed by atoms with Crippen LogP contribution in [0.5, 0.6) is 11.5 Å². The zero-order valence-electron chi connectivity index (χ0n) is 14.4. The van der Waals surface area contributed by atoms with Crippen LogP contribution in [0.4, 0.5) is 0 Å². The van der Waals surface area contributed by atoms with Crippen molar-refractivity contribution in [1.82, 2.24) is 0 Å². The van der Waals surface area contributed by atoms with Gasteiger partial charge < -0.3 is 14.6 Å². The summed E-state index contributed by atoms with van der Waals surface area (Å²) in [5.41, 5.74) is 2.70. The summed E-state index contributed by atoms with van der Waals surface area (Å²) in [7, 11) is 0. The van der Waals surface area contributed by atoms with E-state index in [9.17, 15) is 9.90 Å². The lowest BCUT2D eigenvalue weighted by Crippen LogP contribution is -2.05. The molecule has 4 nitrogen and oxygen atoms in total. The molecule has 0 aliphatic heterocycles. The summed E-state index contributed by atoms with van der Waals surface area (Å²) >= 11 is 0. The lowest BCUT2D eigenvalue weighted by Gasteiger charge is -2.08. The first kappa shape index (κ1) is 18.8. The molecule has 0 heterocycles. The van der Waals surface area contributed by atoms with E-state index >= 15 is 0 Å². The average molecular weight is 318 g/mol. The number of carbonyl (C=O) groups is 1. The second-order valence-corrected chi connectivity index (χ2v) is 5.58. The molecule has 0 saturated heterocycles. The smallest absolute Gasteiger partial charge is 0.342 e. The summed E-state index contributed by atoms with van der Waals surface area (Å²) in [6.45, 7) is 8.66. The molecular formula is C19H26O4. The van der Waals surface area contributed by atoms with Crippen molar-refractivity contribution < 1.29 is 19.4 Å². The predicted molar refractivity (Wildman–Crippen MR) is 92.0 cm³/mol. The van der Waals surface area contributed by atoms with Crippen LogP contribution in [-0.2, 0) is 4.74 Å². The number of hydrogen-bond acceptors (Lipinski definition) is 4. The molecule has 0 aliphatic carbocycles. The first-order valence-electron chi connectivity index (χ1n) is 7.86. The molecule has 0 aliphatic rings. The molecule has 1 rings (SSSR count).